The van der Waals surface area contributed by atoms with Crippen LogP contribution in [-0.2, 0) is 4.79 Å². The summed E-state index contributed by atoms with van der Waals surface area (Å²) in [7, 11) is 0. The second kappa shape index (κ2) is 6.45. The number of nitro groups is 1. The van der Waals surface area contributed by atoms with Gasteiger partial charge in [-0.15, -0.1) is 0 Å². The van der Waals surface area contributed by atoms with Crippen molar-refractivity contribution in [2.45, 2.75) is 19.4 Å². The van der Waals surface area contributed by atoms with Crippen molar-refractivity contribution >= 4 is 17.4 Å². The lowest BCUT2D eigenvalue weighted by Gasteiger charge is -2.15. The zero-order valence-corrected chi connectivity index (χ0v) is 11.7. The Balaban J connectivity index is 1.95. The van der Waals surface area contributed by atoms with Gasteiger partial charge < -0.3 is 5.32 Å². The van der Waals surface area contributed by atoms with Gasteiger partial charge in [0.1, 0.15) is 0 Å². The van der Waals surface area contributed by atoms with Gasteiger partial charge in [-0.3, -0.25) is 24.6 Å². The van der Waals surface area contributed by atoms with E-state index in [0.29, 0.717) is 12.1 Å². The zero-order chi connectivity index (χ0) is 15.4. The highest BCUT2D eigenvalue weighted by molar-refractivity contribution is 5.98. The maximum Gasteiger partial charge on any atom is 0.270 e. The van der Waals surface area contributed by atoms with Crippen LogP contribution in [0, 0.1) is 10.1 Å². The minimum Gasteiger partial charge on any atom is -0.352 e. The molecule has 1 saturated heterocycles. The number of hydrogen-bond donors (Lipinski definition) is 1. The molecule has 0 aliphatic carbocycles. The molecule has 0 aromatic heterocycles. The first kappa shape index (κ1) is 15.1. The third-order valence-electron chi connectivity index (χ3n) is 3.43. The second-order valence-corrected chi connectivity index (χ2v) is 5.15. The number of nitrogens with one attached hydrogen (secondary N) is 1. The maximum atomic E-state index is 12.2. The number of carbonyl (C=O) groups is 2. The van der Waals surface area contributed by atoms with E-state index in [0.717, 1.165) is 13.0 Å². The summed E-state index contributed by atoms with van der Waals surface area (Å²) in [5.41, 5.74) is 0.255. The van der Waals surface area contributed by atoms with Gasteiger partial charge in [-0.05, 0) is 6.42 Å². The third kappa shape index (κ3) is 4.09. The van der Waals surface area contributed by atoms with Crippen molar-refractivity contribution in [2.24, 2.45) is 0 Å². The van der Waals surface area contributed by atoms with Crippen LogP contribution < -0.4 is 5.32 Å². The van der Waals surface area contributed by atoms with Gasteiger partial charge >= 0.3 is 0 Å². The molecule has 1 unspecified atom stereocenters. The van der Waals surface area contributed by atoms with Gasteiger partial charge in [0.2, 0.25) is 5.91 Å². The van der Waals surface area contributed by atoms with E-state index >= 15 is 0 Å². The van der Waals surface area contributed by atoms with Gasteiger partial charge in [0.25, 0.3) is 5.69 Å². The predicted molar refractivity (Wildman–Crippen MR) is 76.1 cm³/mol. The SMILES string of the molecule is CC(=O)NC1CCN(CC(=O)c2cccc([N+](=O)[O-])c2)C1. The van der Waals surface area contributed by atoms with Crippen LogP contribution in [0.1, 0.15) is 23.7 Å². The number of rotatable bonds is 5. The molecular formula is C14H17N3O4. The van der Waals surface area contributed by atoms with Crippen molar-refractivity contribution in [1.29, 1.82) is 0 Å². The molecule has 1 aromatic carbocycles. The second-order valence-electron chi connectivity index (χ2n) is 5.15. The van der Waals surface area contributed by atoms with Crippen LogP contribution in [0.25, 0.3) is 0 Å². The van der Waals surface area contributed by atoms with E-state index in [1.807, 2.05) is 4.90 Å². The lowest BCUT2D eigenvalue weighted by molar-refractivity contribution is -0.384. The molecule has 1 heterocycles. The largest absolute Gasteiger partial charge is 0.352 e. The molecule has 1 aliphatic heterocycles. The molecule has 0 spiro atoms. The van der Waals surface area contributed by atoms with E-state index < -0.39 is 4.92 Å². The van der Waals surface area contributed by atoms with Gasteiger partial charge in [-0.25, -0.2) is 0 Å². The van der Waals surface area contributed by atoms with Crippen molar-refractivity contribution < 1.29 is 14.5 Å². The summed E-state index contributed by atoms with van der Waals surface area (Å²) < 4.78 is 0. The van der Waals surface area contributed by atoms with E-state index in [1.54, 1.807) is 6.07 Å². The van der Waals surface area contributed by atoms with Gasteiger partial charge in [-0.1, -0.05) is 12.1 Å². The number of non-ortho nitro benzene ring substituents is 1. The maximum absolute atomic E-state index is 12.2. The Bertz CT molecular complexity index is 573. The smallest absolute Gasteiger partial charge is 0.270 e. The molecule has 1 atom stereocenters. The fourth-order valence-corrected chi connectivity index (χ4v) is 2.47. The summed E-state index contributed by atoms with van der Waals surface area (Å²) in [6.07, 6.45) is 0.807. The Labute approximate surface area is 122 Å². The summed E-state index contributed by atoms with van der Waals surface area (Å²) in [6.45, 7) is 3.03. The number of benzene rings is 1. The molecule has 7 heteroatoms. The standard InChI is InChI=1S/C14H17N3O4/c1-10(18)15-12-5-6-16(8-12)9-14(19)11-3-2-4-13(7-11)17(20)21/h2-4,7,12H,5-6,8-9H2,1H3,(H,15,18). The Morgan fingerprint density at radius 2 is 2.24 bits per heavy atom. The normalized spacial score (nSPS) is 18.4. The zero-order valence-electron chi connectivity index (χ0n) is 11.7. The molecule has 0 radical (unpaired) electrons. The first-order valence-corrected chi connectivity index (χ1v) is 6.73. The van der Waals surface area contributed by atoms with Crippen LogP contribution in [0.4, 0.5) is 5.69 Å². The van der Waals surface area contributed by atoms with Crippen molar-refractivity contribution in [1.82, 2.24) is 10.2 Å². The topological polar surface area (TPSA) is 92.6 Å². The molecular weight excluding hydrogens is 274 g/mol. The molecule has 1 N–H and O–H groups in total. The molecule has 1 aromatic rings. The van der Waals surface area contributed by atoms with Crippen LogP contribution in [0.2, 0.25) is 0 Å². The number of nitro benzene ring substituents is 1. The first-order valence-electron chi connectivity index (χ1n) is 6.73. The van der Waals surface area contributed by atoms with Crippen LogP contribution in [0.15, 0.2) is 24.3 Å². The monoisotopic (exact) mass is 291 g/mol. The van der Waals surface area contributed by atoms with Crippen LogP contribution in [0.3, 0.4) is 0 Å². The van der Waals surface area contributed by atoms with Crippen molar-refractivity contribution in [3.05, 3.63) is 39.9 Å². The summed E-state index contributed by atoms with van der Waals surface area (Å²) in [5.74, 6) is -0.228. The number of amides is 1. The third-order valence-corrected chi connectivity index (χ3v) is 3.43. The highest BCUT2D eigenvalue weighted by Crippen LogP contribution is 2.15. The fourth-order valence-electron chi connectivity index (χ4n) is 2.47. The summed E-state index contributed by atoms with van der Waals surface area (Å²) in [4.78, 5) is 35.3. The number of likely N-dealkylation sites (tertiary alicyclic amines) is 1. The fraction of sp³-hybridized carbons (Fsp3) is 0.429. The van der Waals surface area contributed by atoms with Crippen LogP contribution in [0.5, 0.6) is 0 Å². The molecule has 2 rings (SSSR count). The van der Waals surface area contributed by atoms with Gasteiger partial charge in [0.05, 0.1) is 11.5 Å². The molecule has 7 nitrogen and oxygen atoms in total. The number of Topliss-reactive ketones (excluding diaryl/α,β-unsaturated/α-hetero) is 1. The highest BCUT2D eigenvalue weighted by Gasteiger charge is 2.25. The summed E-state index contributed by atoms with van der Waals surface area (Å²) in [6, 6.07) is 5.82. The van der Waals surface area contributed by atoms with Gasteiger partial charge in [-0.2, -0.15) is 0 Å². The quantitative estimate of drug-likeness (QED) is 0.496. The van der Waals surface area contributed by atoms with Crippen molar-refractivity contribution in [2.75, 3.05) is 19.6 Å². The van der Waals surface area contributed by atoms with Gasteiger partial charge in [0.15, 0.2) is 5.78 Å². The summed E-state index contributed by atoms with van der Waals surface area (Å²) >= 11 is 0. The Kier molecular flexibility index (Phi) is 4.64. The Morgan fingerprint density at radius 3 is 2.90 bits per heavy atom. The molecule has 1 fully saturated rings. The highest BCUT2D eigenvalue weighted by atomic mass is 16.6. The number of nitrogens with zero attached hydrogens (tertiary/aromatic N) is 2. The number of ketones is 1. The molecule has 1 aliphatic rings. The molecule has 21 heavy (non-hydrogen) atoms. The predicted octanol–water partition coefficient (Wildman–Crippen LogP) is 0.988. The van der Waals surface area contributed by atoms with Gasteiger partial charge in [0, 0.05) is 43.8 Å². The first-order chi connectivity index (χ1) is 9.95. The van der Waals surface area contributed by atoms with E-state index in [2.05, 4.69) is 5.32 Å². The lowest BCUT2D eigenvalue weighted by atomic mass is 10.1. The number of hydrogen-bond acceptors (Lipinski definition) is 5. The van der Waals surface area contributed by atoms with Crippen molar-refractivity contribution in [3.8, 4) is 0 Å². The average molecular weight is 291 g/mol. The molecule has 112 valence electrons. The molecule has 0 bridgehead atoms. The minimum atomic E-state index is -0.514. The Hall–Kier alpha value is -2.28. The number of carbonyl (C=O) groups excluding carboxylic acids is 2. The van der Waals surface area contributed by atoms with E-state index in [1.165, 1.54) is 25.1 Å². The lowest BCUT2D eigenvalue weighted by Crippen LogP contribution is -2.36. The molecule has 1 amide bonds. The van der Waals surface area contributed by atoms with E-state index in [-0.39, 0.29) is 30.0 Å². The molecule has 0 saturated carbocycles. The van der Waals surface area contributed by atoms with Crippen LogP contribution >= 0.6 is 0 Å². The summed E-state index contributed by atoms with van der Waals surface area (Å²) in [5, 5.41) is 13.5. The van der Waals surface area contributed by atoms with E-state index in [4.69, 9.17) is 0 Å². The Morgan fingerprint density at radius 1 is 1.48 bits per heavy atom. The van der Waals surface area contributed by atoms with E-state index in [9.17, 15) is 19.7 Å². The van der Waals surface area contributed by atoms with Crippen molar-refractivity contribution in [3.63, 3.8) is 0 Å². The average Bonchev–Trinajstić information content (AvgIpc) is 2.85. The van der Waals surface area contributed by atoms with Crippen LogP contribution in [-0.4, -0.2) is 47.2 Å². The minimum absolute atomic E-state index is 0.0698.